The lowest BCUT2D eigenvalue weighted by Gasteiger charge is -2.39. The first kappa shape index (κ1) is 19.0. The molecule has 126 valence electrons. The minimum absolute atomic E-state index is 0.597. The maximum absolute atomic E-state index is 3.51. The first-order valence-electron chi connectivity index (χ1n) is 9.55. The molecule has 5 unspecified atom stereocenters. The molecule has 1 aliphatic carbocycles. The third-order valence-corrected chi connectivity index (χ3v) is 6.03. The van der Waals surface area contributed by atoms with E-state index >= 15 is 0 Å². The van der Waals surface area contributed by atoms with Crippen LogP contribution in [0.5, 0.6) is 0 Å². The highest BCUT2D eigenvalue weighted by Gasteiger charge is 2.31. The lowest BCUT2D eigenvalue weighted by Crippen LogP contribution is -2.36. The Balaban J connectivity index is 2.29. The number of rotatable bonds is 9. The van der Waals surface area contributed by atoms with Gasteiger partial charge in [-0.15, -0.1) is 0 Å². The summed E-state index contributed by atoms with van der Waals surface area (Å²) in [5.74, 6) is 2.70. The van der Waals surface area contributed by atoms with Crippen molar-refractivity contribution in [1.82, 2.24) is 5.32 Å². The van der Waals surface area contributed by atoms with Gasteiger partial charge in [-0.1, -0.05) is 53.9 Å². The zero-order valence-electron chi connectivity index (χ0n) is 15.7. The molecule has 1 rings (SSSR count). The van der Waals surface area contributed by atoms with E-state index in [4.69, 9.17) is 0 Å². The summed E-state index contributed by atoms with van der Waals surface area (Å²) in [5, 5.41) is 3.51. The van der Waals surface area contributed by atoms with Gasteiger partial charge in [0.2, 0.25) is 0 Å². The van der Waals surface area contributed by atoms with Crippen molar-refractivity contribution < 1.29 is 0 Å². The van der Waals surface area contributed by atoms with Crippen LogP contribution in [0.4, 0.5) is 0 Å². The van der Waals surface area contributed by atoms with E-state index in [1.165, 1.54) is 57.8 Å². The highest BCUT2D eigenvalue weighted by Crippen LogP contribution is 2.41. The van der Waals surface area contributed by atoms with Gasteiger partial charge in [0.05, 0.1) is 0 Å². The molecule has 21 heavy (non-hydrogen) atoms. The Kier molecular flexibility index (Phi) is 8.31. The van der Waals surface area contributed by atoms with E-state index in [9.17, 15) is 0 Å². The van der Waals surface area contributed by atoms with Gasteiger partial charge in [0.1, 0.15) is 0 Å². The molecule has 1 aliphatic rings. The molecule has 0 heterocycles. The largest absolute Gasteiger partial charge is 0.317 e. The normalized spacial score (nSPS) is 30.9. The van der Waals surface area contributed by atoms with Crippen molar-refractivity contribution in [2.75, 3.05) is 7.05 Å². The van der Waals surface area contributed by atoms with Crippen LogP contribution in [0.3, 0.4) is 0 Å². The fourth-order valence-corrected chi connectivity index (χ4v) is 4.40. The van der Waals surface area contributed by atoms with Gasteiger partial charge in [0.25, 0.3) is 0 Å². The van der Waals surface area contributed by atoms with Gasteiger partial charge in [-0.05, 0) is 68.7 Å². The molecule has 0 radical (unpaired) electrons. The minimum Gasteiger partial charge on any atom is -0.317 e. The van der Waals surface area contributed by atoms with Crippen molar-refractivity contribution in [3.8, 4) is 0 Å². The molecule has 1 heteroatoms. The molecule has 1 fully saturated rings. The minimum atomic E-state index is 0.597. The summed E-state index contributed by atoms with van der Waals surface area (Å²) in [6.07, 6.45) is 12.7. The second-order valence-electron chi connectivity index (χ2n) is 8.63. The van der Waals surface area contributed by atoms with Crippen LogP contribution in [0.1, 0.15) is 92.4 Å². The fraction of sp³-hybridized carbons (Fsp3) is 1.00. The third-order valence-electron chi connectivity index (χ3n) is 6.03. The second kappa shape index (κ2) is 9.18. The molecule has 5 atom stereocenters. The molecule has 1 N–H and O–H groups in total. The van der Waals surface area contributed by atoms with Crippen molar-refractivity contribution in [1.29, 1.82) is 0 Å². The molecule has 0 spiro atoms. The van der Waals surface area contributed by atoms with Crippen LogP contribution in [0, 0.1) is 23.2 Å². The molecule has 0 aromatic rings. The van der Waals surface area contributed by atoms with Crippen molar-refractivity contribution >= 4 is 0 Å². The van der Waals surface area contributed by atoms with E-state index in [-0.39, 0.29) is 0 Å². The average molecular weight is 296 g/mol. The Bertz CT molecular complexity index is 275. The predicted molar refractivity (Wildman–Crippen MR) is 95.7 cm³/mol. The average Bonchev–Trinajstić information content (AvgIpc) is 2.45. The summed E-state index contributed by atoms with van der Waals surface area (Å²) < 4.78 is 0. The van der Waals surface area contributed by atoms with Gasteiger partial charge in [-0.3, -0.25) is 0 Å². The zero-order valence-corrected chi connectivity index (χ0v) is 15.7. The van der Waals surface area contributed by atoms with Gasteiger partial charge in [0, 0.05) is 6.04 Å². The highest BCUT2D eigenvalue weighted by atomic mass is 14.9. The first-order valence-corrected chi connectivity index (χ1v) is 9.55. The molecule has 0 aliphatic heterocycles. The maximum atomic E-state index is 3.51. The van der Waals surface area contributed by atoms with Crippen LogP contribution in [-0.2, 0) is 0 Å². The summed E-state index contributed by atoms with van der Waals surface area (Å²) in [6, 6.07) is 0.767. The van der Waals surface area contributed by atoms with E-state index in [1.54, 1.807) is 0 Å². The molecule has 0 bridgehead atoms. The molecule has 0 aromatic carbocycles. The van der Waals surface area contributed by atoms with Crippen molar-refractivity contribution in [2.45, 2.75) is 98.4 Å². The Morgan fingerprint density at radius 1 is 1.10 bits per heavy atom. The second-order valence-corrected chi connectivity index (χ2v) is 8.63. The van der Waals surface area contributed by atoms with E-state index in [1.807, 2.05) is 0 Å². The molecule has 1 nitrogen and oxygen atoms in total. The van der Waals surface area contributed by atoms with Gasteiger partial charge < -0.3 is 5.32 Å². The third kappa shape index (κ3) is 7.17. The van der Waals surface area contributed by atoms with Crippen molar-refractivity contribution in [3.63, 3.8) is 0 Å². The lowest BCUT2D eigenvalue weighted by molar-refractivity contribution is 0.152. The van der Waals surface area contributed by atoms with Crippen LogP contribution in [0.15, 0.2) is 0 Å². The monoisotopic (exact) mass is 295 g/mol. The Labute approximate surface area is 134 Å². The molecular weight excluding hydrogens is 254 g/mol. The number of nitrogens with one attached hydrogen (secondary N) is 1. The van der Waals surface area contributed by atoms with Crippen LogP contribution in [-0.4, -0.2) is 13.1 Å². The molecule has 0 aromatic heterocycles. The van der Waals surface area contributed by atoms with Crippen molar-refractivity contribution in [3.05, 3.63) is 0 Å². The van der Waals surface area contributed by atoms with Gasteiger partial charge in [-0.25, -0.2) is 0 Å². The predicted octanol–water partition coefficient (Wildman–Crippen LogP) is 6.03. The highest BCUT2D eigenvalue weighted by molar-refractivity contribution is 4.86. The van der Waals surface area contributed by atoms with E-state index < -0.39 is 0 Å². The summed E-state index contributed by atoms with van der Waals surface area (Å²) >= 11 is 0. The SMILES string of the molecule is CCC(C)CC(C)CC(C)CCC1(C)CCCC(NC)C1. The molecule has 1 saturated carbocycles. The molecule has 0 saturated heterocycles. The van der Waals surface area contributed by atoms with Crippen LogP contribution in [0.25, 0.3) is 0 Å². The molecule has 0 amide bonds. The summed E-state index contributed by atoms with van der Waals surface area (Å²) in [7, 11) is 2.13. The van der Waals surface area contributed by atoms with Gasteiger partial charge in [-0.2, -0.15) is 0 Å². The van der Waals surface area contributed by atoms with Gasteiger partial charge >= 0.3 is 0 Å². The smallest absolute Gasteiger partial charge is 0.00692 e. The number of hydrogen-bond acceptors (Lipinski definition) is 1. The van der Waals surface area contributed by atoms with Crippen LogP contribution < -0.4 is 5.32 Å². The Morgan fingerprint density at radius 3 is 2.38 bits per heavy atom. The standard InChI is InChI=1S/C20H41N/c1-7-16(2)13-18(4)14-17(3)10-12-20(5)11-8-9-19(15-20)21-6/h16-19,21H,7-15H2,1-6H3. The zero-order chi connectivity index (χ0) is 15.9. The van der Waals surface area contributed by atoms with Crippen molar-refractivity contribution in [2.24, 2.45) is 23.2 Å². The Hall–Kier alpha value is -0.0400. The summed E-state index contributed by atoms with van der Waals surface area (Å²) in [5.41, 5.74) is 0.597. The van der Waals surface area contributed by atoms with Crippen LogP contribution in [0.2, 0.25) is 0 Å². The topological polar surface area (TPSA) is 12.0 Å². The Morgan fingerprint density at radius 2 is 1.76 bits per heavy atom. The van der Waals surface area contributed by atoms with E-state index in [0.29, 0.717) is 5.41 Å². The van der Waals surface area contributed by atoms with Gasteiger partial charge in [0.15, 0.2) is 0 Å². The first-order chi connectivity index (χ1) is 9.88. The summed E-state index contributed by atoms with van der Waals surface area (Å²) in [6.45, 7) is 12.2. The molecular formula is C20H41N. The quantitative estimate of drug-likeness (QED) is 0.547. The number of hydrogen-bond donors (Lipinski definition) is 1. The lowest BCUT2D eigenvalue weighted by atomic mass is 9.69. The van der Waals surface area contributed by atoms with Crippen LogP contribution >= 0.6 is 0 Å². The van der Waals surface area contributed by atoms with E-state index in [0.717, 1.165) is 23.8 Å². The maximum Gasteiger partial charge on any atom is 0.00692 e. The summed E-state index contributed by atoms with van der Waals surface area (Å²) in [4.78, 5) is 0. The fourth-order valence-electron chi connectivity index (χ4n) is 4.40. The van der Waals surface area contributed by atoms with E-state index in [2.05, 4.69) is 47.0 Å².